The summed E-state index contributed by atoms with van der Waals surface area (Å²) in [6, 6.07) is 9.68. The Morgan fingerprint density at radius 3 is 2.78 bits per heavy atom. The molecule has 1 N–H and O–H groups in total. The summed E-state index contributed by atoms with van der Waals surface area (Å²) in [7, 11) is 1.26. The molecule has 4 heteroatoms. The van der Waals surface area contributed by atoms with E-state index in [9.17, 15) is 9.90 Å². The lowest BCUT2D eigenvalue weighted by Crippen LogP contribution is -2.14. The van der Waals surface area contributed by atoms with Crippen LogP contribution in [0, 0.1) is 11.8 Å². The lowest BCUT2D eigenvalue weighted by Gasteiger charge is -2.08. The predicted octanol–water partition coefficient (Wildman–Crippen LogP) is 1.13. The topological polar surface area (TPSA) is 55.8 Å². The van der Waals surface area contributed by atoms with E-state index in [2.05, 4.69) is 16.6 Å². The Morgan fingerprint density at radius 2 is 2.11 bits per heavy atom. The maximum atomic E-state index is 10.7. The Hall–Kier alpha value is -1.83. The van der Waals surface area contributed by atoms with Crippen LogP contribution in [0.4, 0.5) is 0 Å². The van der Waals surface area contributed by atoms with Gasteiger partial charge in [0.25, 0.3) is 0 Å². The first-order chi connectivity index (χ1) is 8.72. The van der Waals surface area contributed by atoms with Crippen LogP contribution in [0.15, 0.2) is 30.3 Å². The molecule has 0 amide bonds. The van der Waals surface area contributed by atoms with E-state index in [1.54, 1.807) is 0 Å². The second-order valence-corrected chi connectivity index (χ2v) is 3.65. The van der Waals surface area contributed by atoms with E-state index in [0.717, 1.165) is 5.56 Å². The fraction of sp³-hybridized carbons (Fsp3) is 0.357. The highest BCUT2D eigenvalue weighted by Gasteiger charge is 2.02. The second kappa shape index (κ2) is 8.29. The molecule has 0 saturated heterocycles. The molecule has 1 aromatic carbocycles. The van der Waals surface area contributed by atoms with Crippen molar-refractivity contribution in [1.29, 1.82) is 0 Å². The van der Waals surface area contributed by atoms with Gasteiger partial charge in [0.05, 0.1) is 26.4 Å². The zero-order valence-electron chi connectivity index (χ0n) is 10.3. The molecule has 0 spiro atoms. The molecule has 0 aromatic heterocycles. The lowest BCUT2D eigenvalue weighted by atomic mass is 10.2. The van der Waals surface area contributed by atoms with E-state index in [1.165, 1.54) is 7.11 Å². The van der Waals surface area contributed by atoms with Gasteiger partial charge in [0.15, 0.2) is 0 Å². The van der Waals surface area contributed by atoms with Crippen molar-refractivity contribution < 1.29 is 19.4 Å². The first-order valence-electron chi connectivity index (χ1n) is 5.59. The normalized spacial score (nSPS) is 11.2. The first kappa shape index (κ1) is 14.2. The highest BCUT2D eigenvalue weighted by atomic mass is 16.5. The van der Waals surface area contributed by atoms with Gasteiger partial charge >= 0.3 is 5.97 Å². The van der Waals surface area contributed by atoms with Crippen molar-refractivity contribution in [3.8, 4) is 11.8 Å². The standard InChI is InChI=1S/C14H16O4/c1-17-14(16)9-5-8-13(15)11-18-10-12-6-3-2-4-7-12/h2-4,6-7,13,15H,8,10-11H2,1H3. The Kier molecular flexibility index (Phi) is 6.55. The smallest absolute Gasteiger partial charge is 0.384 e. The van der Waals surface area contributed by atoms with Gasteiger partial charge in [0.1, 0.15) is 0 Å². The fourth-order valence-electron chi connectivity index (χ4n) is 1.24. The molecule has 18 heavy (non-hydrogen) atoms. The molecule has 0 fully saturated rings. The Labute approximate surface area is 107 Å². The SMILES string of the molecule is COC(=O)C#CCC(O)COCc1ccccc1. The second-order valence-electron chi connectivity index (χ2n) is 3.65. The third kappa shape index (κ3) is 6.04. The molecule has 1 aromatic rings. The van der Waals surface area contributed by atoms with E-state index in [0.29, 0.717) is 6.61 Å². The molecular weight excluding hydrogens is 232 g/mol. The molecule has 1 rings (SSSR count). The lowest BCUT2D eigenvalue weighted by molar-refractivity contribution is -0.133. The van der Waals surface area contributed by atoms with E-state index < -0.39 is 12.1 Å². The monoisotopic (exact) mass is 248 g/mol. The number of aliphatic hydroxyl groups excluding tert-OH is 1. The summed E-state index contributed by atoms with van der Waals surface area (Å²) in [6.45, 7) is 0.632. The Balaban J connectivity index is 2.19. The highest BCUT2D eigenvalue weighted by molar-refractivity contribution is 5.88. The number of methoxy groups -OCH3 is 1. The molecule has 0 radical (unpaired) electrons. The molecule has 1 atom stereocenters. The minimum absolute atomic E-state index is 0.184. The molecule has 0 aliphatic carbocycles. The van der Waals surface area contributed by atoms with Gasteiger partial charge in [-0.3, -0.25) is 0 Å². The van der Waals surface area contributed by atoms with Gasteiger partial charge in [-0.25, -0.2) is 4.79 Å². The van der Waals surface area contributed by atoms with Crippen LogP contribution in [0.1, 0.15) is 12.0 Å². The third-order valence-corrected chi connectivity index (χ3v) is 2.14. The number of hydrogen-bond donors (Lipinski definition) is 1. The van der Waals surface area contributed by atoms with Gasteiger partial charge in [-0.2, -0.15) is 0 Å². The quantitative estimate of drug-likeness (QED) is 0.482. The summed E-state index contributed by atoms with van der Waals surface area (Å²) in [5, 5.41) is 9.53. The van der Waals surface area contributed by atoms with Crippen LogP contribution in [0.2, 0.25) is 0 Å². The van der Waals surface area contributed by atoms with Gasteiger partial charge in [-0.05, 0) is 5.56 Å². The molecule has 0 aliphatic heterocycles. The number of carbonyl (C=O) groups excluding carboxylic acids is 1. The van der Waals surface area contributed by atoms with E-state index in [1.807, 2.05) is 30.3 Å². The predicted molar refractivity (Wildman–Crippen MR) is 66.5 cm³/mol. The largest absolute Gasteiger partial charge is 0.459 e. The van der Waals surface area contributed by atoms with Gasteiger partial charge in [-0.1, -0.05) is 36.3 Å². The molecule has 4 nitrogen and oxygen atoms in total. The van der Waals surface area contributed by atoms with Gasteiger partial charge in [0, 0.05) is 12.3 Å². The number of hydrogen-bond acceptors (Lipinski definition) is 4. The minimum Gasteiger partial charge on any atom is -0.459 e. The van der Waals surface area contributed by atoms with Crippen molar-refractivity contribution in [2.45, 2.75) is 19.1 Å². The molecule has 1 unspecified atom stereocenters. The fourth-order valence-corrected chi connectivity index (χ4v) is 1.24. The van der Waals surface area contributed by atoms with Crippen molar-refractivity contribution in [2.24, 2.45) is 0 Å². The van der Waals surface area contributed by atoms with Gasteiger partial charge < -0.3 is 14.6 Å². The minimum atomic E-state index is -0.703. The Bertz CT molecular complexity index is 416. The maximum absolute atomic E-state index is 10.7. The summed E-state index contributed by atoms with van der Waals surface area (Å²) in [5.41, 5.74) is 1.05. The van der Waals surface area contributed by atoms with Crippen LogP contribution in [-0.4, -0.2) is 30.9 Å². The highest BCUT2D eigenvalue weighted by Crippen LogP contribution is 2.01. The van der Waals surface area contributed by atoms with Gasteiger partial charge in [-0.15, -0.1) is 0 Å². The van der Waals surface area contributed by atoms with Crippen molar-refractivity contribution in [2.75, 3.05) is 13.7 Å². The summed E-state index contributed by atoms with van der Waals surface area (Å²) < 4.78 is 9.68. The van der Waals surface area contributed by atoms with E-state index >= 15 is 0 Å². The Morgan fingerprint density at radius 1 is 1.39 bits per heavy atom. The zero-order chi connectivity index (χ0) is 13.2. The van der Waals surface area contributed by atoms with E-state index in [-0.39, 0.29) is 13.0 Å². The summed E-state index contributed by atoms with van der Waals surface area (Å²) in [4.78, 5) is 10.7. The number of ether oxygens (including phenoxy) is 2. The third-order valence-electron chi connectivity index (χ3n) is 2.14. The summed E-state index contributed by atoms with van der Waals surface area (Å²) in [5.74, 6) is 4.17. The average molecular weight is 248 g/mol. The van der Waals surface area contributed by atoms with Crippen LogP contribution in [0.25, 0.3) is 0 Å². The van der Waals surface area contributed by atoms with Crippen molar-refractivity contribution in [3.05, 3.63) is 35.9 Å². The molecule has 0 saturated carbocycles. The average Bonchev–Trinajstić information content (AvgIpc) is 2.39. The van der Waals surface area contributed by atoms with Gasteiger partial charge in [0.2, 0.25) is 0 Å². The number of esters is 1. The molecule has 0 aliphatic rings. The number of aliphatic hydroxyl groups is 1. The molecule has 0 bridgehead atoms. The number of carbonyl (C=O) groups is 1. The van der Waals surface area contributed by atoms with Crippen molar-refractivity contribution in [1.82, 2.24) is 0 Å². The zero-order valence-corrected chi connectivity index (χ0v) is 10.3. The molecule has 96 valence electrons. The molecule has 0 heterocycles. The van der Waals surface area contributed by atoms with E-state index in [4.69, 9.17) is 4.74 Å². The molecular formula is C14H16O4. The first-order valence-corrected chi connectivity index (χ1v) is 5.59. The summed E-state index contributed by atoms with van der Waals surface area (Å²) in [6.07, 6.45) is -0.518. The maximum Gasteiger partial charge on any atom is 0.384 e. The van der Waals surface area contributed by atoms with Crippen molar-refractivity contribution in [3.63, 3.8) is 0 Å². The number of benzene rings is 1. The van der Waals surface area contributed by atoms with Crippen LogP contribution in [-0.2, 0) is 20.9 Å². The summed E-state index contributed by atoms with van der Waals surface area (Å²) >= 11 is 0. The van der Waals surface area contributed by atoms with Crippen LogP contribution in [0.5, 0.6) is 0 Å². The van der Waals surface area contributed by atoms with Crippen LogP contribution >= 0.6 is 0 Å². The van der Waals surface area contributed by atoms with Crippen molar-refractivity contribution >= 4 is 5.97 Å². The van der Waals surface area contributed by atoms with Crippen LogP contribution < -0.4 is 0 Å². The number of rotatable bonds is 5. The van der Waals surface area contributed by atoms with Crippen LogP contribution in [0.3, 0.4) is 0 Å².